The van der Waals surface area contributed by atoms with E-state index in [4.69, 9.17) is 42.1 Å². The molecule has 5 aromatic rings. The Hall–Kier alpha value is -10.8. The van der Waals surface area contributed by atoms with Gasteiger partial charge < -0.3 is 50.8 Å². The van der Waals surface area contributed by atoms with E-state index in [2.05, 4.69) is 67.9 Å². The molecule has 0 aliphatic carbocycles. The molecule has 575 valence electrons. The molecule has 4 amide bonds. The Morgan fingerprint density at radius 2 is 0.661 bits per heavy atom. The van der Waals surface area contributed by atoms with Crippen molar-refractivity contribution in [3.8, 4) is 48.6 Å². The monoisotopic (exact) mass is 1960 g/mol. The maximum Gasteiger partial charge on any atom is 0.261 e. The average Bonchev–Trinajstić information content (AvgIpc) is 0.721. The minimum absolute atomic E-state index is 0. The van der Waals surface area contributed by atoms with Gasteiger partial charge in [-0.15, -0.1) is 0 Å². The number of hydrogen-bond donors (Lipinski definition) is 3. The summed E-state index contributed by atoms with van der Waals surface area (Å²) in [6.07, 6.45) is 9.89. The summed E-state index contributed by atoms with van der Waals surface area (Å²) in [4.78, 5) is 78.3. The van der Waals surface area contributed by atoms with Gasteiger partial charge in [-0.3, -0.25) is 39.1 Å². The molecule has 0 aromatic heterocycles. The first-order chi connectivity index (χ1) is 52.5. The zero-order valence-electron chi connectivity index (χ0n) is 59.5. The molecule has 10 aliphatic heterocycles. The minimum Gasteiger partial charge on any atom is -0.430 e. The van der Waals surface area contributed by atoms with E-state index in [9.17, 15) is 63.1 Å². The summed E-state index contributed by atoms with van der Waals surface area (Å²) in [5.41, 5.74) is -3.74. The maximum atomic E-state index is 14.4. The smallest absolute Gasteiger partial charge is 0.261 e. The van der Waals surface area contributed by atoms with E-state index in [0.29, 0.717) is 21.9 Å². The van der Waals surface area contributed by atoms with Crippen LogP contribution in [0.5, 0.6) is 0 Å². The third-order valence-corrected chi connectivity index (χ3v) is 18.0. The number of rotatable bonds is 1. The van der Waals surface area contributed by atoms with Gasteiger partial charge in [-0.2, -0.15) is 42.1 Å². The van der Waals surface area contributed by atoms with Crippen molar-refractivity contribution in [3.63, 3.8) is 0 Å². The van der Waals surface area contributed by atoms with Gasteiger partial charge in [0.15, 0.2) is 64.4 Å². The molecule has 10 aliphatic rings. The second-order valence-corrected chi connectivity index (χ2v) is 24.5. The molecule has 15 rings (SSSR count). The first-order valence-electron chi connectivity index (χ1n) is 34.0. The van der Waals surface area contributed by atoms with Gasteiger partial charge in [0.05, 0.1) is 31.6 Å². The zero-order chi connectivity index (χ0) is 78.9. The third-order valence-electron chi connectivity index (χ3n) is 18.0. The number of nitrogens with zero attached hydrogens (tertiary/aromatic N) is 19. The summed E-state index contributed by atoms with van der Waals surface area (Å²) in [5.74, 6) is -18.6. The molecule has 4 fully saturated rings. The van der Waals surface area contributed by atoms with Crippen molar-refractivity contribution in [2.45, 2.75) is 58.3 Å². The predicted octanol–water partition coefficient (Wildman–Crippen LogP) is 5.49. The normalized spacial score (nSPS) is 16.1. The van der Waals surface area contributed by atoms with Crippen LogP contribution in [-0.4, -0.2) is 188 Å². The van der Waals surface area contributed by atoms with Gasteiger partial charge in [-0.05, 0) is 109 Å². The fourth-order valence-electron chi connectivity index (χ4n) is 12.8. The van der Waals surface area contributed by atoms with Gasteiger partial charge in [-0.1, -0.05) is 0 Å². The average molecular weight is 1960 g/mol. The molecule has 4 saturated heterocycles. The second kappa shape index (κ2) is 41.4. The number of aliphatic imine (C=N–C) groups is 4. The van der Waals surface area contributed by atoms with Gasteiger partial charge in [-0.25, -0.2) is 51.0 Å². The number of nitrogens with one attached hydrogen (secondary N) is 3. The summed E-state index contributed by atoms with van der Waals surface area (Å²) >= 11 is 0. The number of benzene rings is 5. The first kappa shape index (κ1) is 90.0. The topological polar surface area (TPSA) is 378 Å². The van der Waals surface area contributed by atoms with Crippen molar-refractivity contribution < 1.29 is 138 Å². The fraction of sp³-hybridized carbons (Fsp3) is 0.356. The van der Waals surface area contributed by atoms with E-state index >= 15 is 0 Å². The molecule has 10 heterocycles. The molecule has 0 atom stereocenters. The van der Waals surface area contributed by atoms with Crippen LogP contribution in [0, 0.1) is 156 Å². The standard InChI is InChI=1S/C17H11N2O4.C16F6N4.C12F4N4.3C7H13N3.C7H12N3.2W.Y/c1-3-19-16(22)10-6-4-8-12-9(15(21)18(2)14(8)20)5-7-11(13(10)12)17(19)23;17-11-7(5(1-23)2-24)13(19)15(21)10-9(11)16(22)14(20)8(12(10)18)6(3-25)4-26;13-9-7(5(1-17)2-18)10(14)12(16)8(11(9)15)6(3-19)4-20;4*1-3-8-7-9-4-2-6-10(7)5-1;;;/h4-7H,2-3H2,1H3;;;3*1-6H2,(H,8,9);1-6H2;;;/q-1;;;;;;-1;;;. The summed E-state index contributed by atoms with van der Waals surface area (Å²) in [5, 5.41) is 74.0. The van der Waals surface area contributed by atoms with Crippen molar-refractivity contribution in [3.05, 3.63) is 138 Å². The Morgan fingerprint density at radius 1 is 0.393 bits per heavy atom. The molecular weight excluding hydrogens is 1900 g/mol. The molecule has 39 heteroatoms. The Kier molecular flexibility index (Phi) is 33.3. The number of amides is 4. The van der Waals surface area contributed by atoms with Crippen molar-refractivity contribution in [2.24, 2.45) is 20.0 Å². The van der Waals surface area contributed by atoms with E-state index in [1.807, 2.05) is 0 Å². The fourth-order valence-corrected chi connectivity index (χ4v) is 12.8. The van der Waals surface area contributed by atoms with Crippen molar-refractivity contribution in [2.75, 3.05) is 111 Å². The molecule has 0 bridgehead atoms. The van der Waals surface area contributed by atoms with Gasteiger partial charge in [0.2, 0.25) is 11.8 Å². The number of halogens is 10. The van der Waals surface area contributed by atoms with Gasteiger partial charge in [0.25, 0.3) is 11.8 Å². The van der Waals surface area contributed by atoms with Crippen LogP contribution in [0.15, 0.2) is 44.2 Å². The van der Waals surface area contributed by atoms with Crippen LogP contribution in [0.3, 0.4) is 0 Å². The Labute approximate surface area is 687 Å². The zero-order valence-corrected chi connectivity index (χ0v) is 68.2. The van der Waals surface area contributed by atoms with E-state index < -0.39 is 136 Å². The van der Waals surface area contributed by atoms with Crippen molar-refractivity contribution in [1.29, 1.82) is 42.1 Å². The molecular formula is C73H62F10N22O4W2Y-2. The molecule has 112 heavy (non-hydrogen) atoms. The molecule has 0 unspecified atom stereocenters. The summed E-state index contributed by atoms with van der Waals surface area (Å²) in [6, 6.07) is 14.6. The Morgan fingerprint density at radius 3 is 0.955 bits per heavy atom. The largest absolute Gasteiger partial charge is 0.430 e. The van der Waals surface area contributed by atoms with Crippen LogP contribution in [0.4, 0.5) is 43.9 Å². The summed E-state index contributed by atoms with van der Waals surface area (Å²) < 4.78 is 140. The van der Waals surface area contributed by atoms with Crippen LogP contribution < -0.4 is 36.8 Å². The van der Waals surface area contributed by atoms with Gasteiger partial charge in [0.1, 0.15) is 82.5 Å². The van der Waals surface area contributed by atoms with Crippen LogP contribution in [-0.2, 0) is 74.8 Å². The first-order valence-corrected chi connectivity index (χ1v) is 34.0. The quantitative estimate of drug-likeness (QED) is 0.0807. The molecule has 0 saturated carbocycles. The van der Waals surface area contributed by atoms with Crippen LogP contribution in [0.2, 0.25) is 0 Å². The van der Waals surface area contributed by atoms with Crippen molar-refractivity contribution in [1.82, 2.24) is 45.3 Å². The minimum atomic E-state index is -2.23. The van der Waals surface area contributed by atoms with E-state index in [1.54, 1.807) is 6.92 Å². The Balaban J connectivity index is 0.000000210. The number of fused-ring (bicyclic) bond motifs is 5. The van der Waals surface area contributed by atoms with E-state index in [-0.39, 0.29) is 92.5 Å². The number of guanidine groups is 4. The van der Waals surface area contributed by atoms with Gasteiger partial charge >= 0.3 is 0 Å². The molecule has 0 spiro atoms. The molecule has 1 radical (unpaired) electrons. The number of carbonyl (C=O) groups is 4. The Bertz CT molecular complexity index is 4890. The van der Waals surface area contributed by atoms with E-state index in [1.165, 1.54) is 128 Å². The molecule has 26 nitrogen and oxygen atoms in total. The maximum absolute atomic E-state index is 14.4. The van der Waals surface area contributed by atoms with Crippen LogP contribution in [0.1, 0.15) is 99.7 Å². The summed E-state index contributed by atoms with van der Waals surface area (Å²) in [7, 11) is 3.47. The number of carbonyl (C=O) groups excluding carboxylic acids is 4. The number of hydrogen-bond acceptors (Lipinski definition) is 23. The van der Waals surface area contributed by atoms with Crippen LogP contribution >= 0.6 is 0 Å². The second-order valence-electron chi connectivity index (χ2n) is 24.5. The molecule has 5 aromatic carbocycles. The van der Waals surface area contributed by atoms with Gasteiger partial charge in [0, 0.05) is 199 Å². The third kappa shape index (κ3) is 18.8. The SMILES string of the molecule is C1CN=C2NCCCN2C1.C1CN=C2NCCCN2C1.C1CN=C2NCCCN2C1.C1CN=C2[N-]CCCN2C1.N#CC(C#N)=c1c(F)c(F)c(=C(C#N)C#N)c(F)c1F.N#CC(C#N)=c1c(F)c(F)c2c(F)c(=C(C#N)C#N)c(F)c(F)c2c1F.[CH2-]N1C(=O)c2ccc3c4c(ccc(c24)C1=O)C(=O)N(CC)C3=O.[W].[W].[Y]. The van der Waals surface area contributed by atoms with Crippen molar-refractivity contribution >= 4 is 91.3 Å². The number of nitriles is 8. The number of imide groups is 2. The van der Waals surface area contributed by atoms with E-state index in [0.717, 1.165) is 135 Å². The van der Waals surface area contributed by atoms with Crippen LogP contribution in [0.25, 0.3) is 49.2 Å². The molecule has 3 N–H and O–H groups in total. The predicted molar refractivity (Wildman–Crippen MR) is 373 cm³/mol. The summed E-state index contributed by atoms with van der Waals surface area (Å²) in [6.45, 7) is 19.8.